The maximum absolute atomic E-state index is 11.9. The molecule has 3 N–H and O–H groups in total. The monoisotopic (exact) mass is 290 g/mol. The Morgan fingerprint density at radius 1 is 1.10 bits per heavy atom. The maximum Gasteiger partial charge on any atom is 0.237 e. The number of amides is 1. The second-order valence-corrected chi connectivity index (χ2v) is 6.18. The van der Waals surface area contributed by atoms with E-state index in [4.69, 9.17) is 5.73 Å². The first kappa shape index (κ1) is 17.7. The highest BCUT2D eigenvalue weighted by Gasteiger charge is 2.12. The largest absolute Gasteiger partial charge is 0.355 e. The SMILES string of the molecule is CC(C)CCCCCCNC(=O)[C@H](N)Cc1ccccc1. The molecule has 1 amide bonds. The predicted octanol–water partition coefficient (Wildman–Crippen LogP) is 3.28. The van der Waals surface area contributed by atoms with Crippen LogP contribution in [0.5, 0.6) is 0 Å². The molecule has 0 radical (unpaired) electrons. The lowest BCUT2D eigenvalue weighted by Gasteiger charge is -2.12. The van der Waals surface area contributed by atoms with Crippen molar-refractivity contribution in [2.45, 2.75) is 58.4 Å². The molecule has 0 aromatic heterocycles. The van der Waals surface area contributed by atoms with E-state index < -0.39 is 6.04 Å². The number of hydrogen-bond donors (Lipinski definition) is 2. The van der Waals surface area contributed by atoms with E-state index >= 15 is 0 Å². The van der Waals surface area contributed by atoms with E-state index in [1.54, 1.807) is 0 Å². The Hall–Kier alpha value is -1.35. The van der Waals surface area contributed by atoms with E-state index in [2.05, 4.69) is 19.2 Å². The molecule has 1 aromatic rings. The Morgan fingerprint density at radius 3 is 2.43 bits per heavy atom. The highest BCUT2D eigenvalue weighted by atomic mass is 16.2. The van der Waals surface area contributed by atoms with Gasteiger partial charge in [0.05, 0.1) is 6.04 Å². The number of carbonyl (C=O) groups is 1. The number of hydrogen-bond acceptors (Lipinski definition) is 2. The first-order chi connectivity index (χ1) is 10.1. The number of unbranched alkanes of at least 4 members (excludes halogenated alkanes) is 3. The summed E-state index contributed by atoms with van der Waals surface area (Å²) in [4.78, 5) is 11.9. The fourth-order valence-electron chi connectivity index (χ4n) is 2.33. The smallest absolute Gasteiger partial charge is 0.237 e. The van der Waals surface area contributed by atoms with Gasteiger partial charge in [-0.3, -0.25) is 4.79 Å². The third-order valence-corrected chi connectivity index (χ3v) is 3.64. The molecule has 0 aliphatic heterocycles. The van der Waals surface area contributed by atoms with Crippen LogP contribution in [-0.2, 0) is 11.2 Å². The van der Waals surface area contributed by atoms with Crippen molar-refractivity contribution in [1.29, 1.82) is 0 Å². The Morgan fingerprint density at radius 2 is 1.76 bits per heavy atom. The molecule has 0 unspecified atom stereocenters. The fraction of sp³-hybridized carbons (Fsp3) is 0.611. The summed E-state index contributed by atoms with van der Waals surface area (Å²) in [6.45, 7) is 5.26. The highest BCUT2D eigenvalue weighted by molar-refractivity contribution is 5.81. The van der Waals surface area contributed by atoms with Crippen LogP contribution in [-0.4, -0.2) is 18.5 Å². The maximum atomic E-state index is 11.9. The molecule has 0 saturated carbocycles. The number of nitrogens with one attached hydrogen (secondary N) is 1. The quantitative estimate of drug-likeness (QED) is 0.650. The molecule has 0 aliphatic carbocycles. The van der Waals surface area contributed by atoms with Crippen LogP contribution < -0.4 is 11.1 Å². The Balaban J connectivity index is 2.08. The van der Waals surface area contributed by atoms with Gasteiger partial charge >= 0.3 is 0 Å². The van der Waals surface area contributed by atoms with Gasteiger partial charge in [-0.1, -0.05) is 69.9 Å². The summed E-state index contributed by atoms with van der Waals surface area (Å²) in [6, 6.07) is 9.46. The minimum absolute atomic E-state index is 0.0407. The van der Waals surface area contributed by atoms with Crippen molar-refractivity contribution in [3.05, 3.63) is 35.9 Å². The zero-order chi connectivity index (χ0) is 15.5. The normalized spacial score (nSPS) is 12.4. The van der Waals surface area contributed by atoms with Gasteiger partial charge in [-0.15, -0.1) is 0 Å². The van der Waals surface area contributed by atoms with Gasteiger partial charge < -0.3 is 11.1 Å². The molecule has 3 heteroatoms. The summed E-state index contributed by atoms with van der Waals surface area (Å²) in [5, 5.41) is 2.94. The van der Waals surface area contributed by atoms with E-state index in [1.807, 2.05) is 30.3 Å². The summed E-state index contributed by atoms with van der Waals surface area (Å²) < 4.78 is 0. The second kappa shape index (κ2) is 10.4. The lowest BCUT2D eigenvalue weighted by molar-refractivity contribution is -0.122. The van der Waals surface area contributed by atoms with Crippen LogP contribution >= 0.6 is 0 Å². The molecule has 0 aliphatic rings. The lowest BCUT2D eigenvalue weighted by Crippen LogP contribution is -2.42. The van der Waals surface area contributed by atoms with Gasteiger partial charge in [-0.2, -0.15) is 0 Å². The molecule has 1 aromatic carbocycles. The first-order valence-corrected chi connectivity index (χ1v) is 8.17. The minimum Gasteiger partial charge on any atom is -0.355 e. The summed E-state index contributed by atoms with van der Waals surface area (Å²) in [6.07, 6.45) is 6.67. The molecule has 21 heavy (non-hydrogen) atoms. The van der Waals surface area contributed by atoms with Gasteiger partial charge in [0.15, 0.2) is 0 Å². The summed E-state index contributed by atoms with van der Waals surface area (Å²) in [5.74, 6) is 0.752. The van der Waals surface area contributed by atoms with E-state index in [9.17, 15) is 4.79 Å². The van der Waals surface area contributed by atoms with E-state index in [0.717, 1.165) is 24.4 Å². The van der Waals surface area contributed by atoms with Crippen LogP contribution in [0.15, 0.2) is 30.3 Å². The van der Waals surface area contributed by atoms with Crippen molar-refractivity contribution < 1.29 is 4.79 Å². The van der Waals surface area contributed by atoms with Crippen LogP contribution in [0.4, 0.5) is 0 Å². The van der Waals surface area contributed by atoms with Gasteiger partial charge in [0.2, 0.25) is 5.91 Å². The predicted molar refractivity (Wildman–Crippen MR) is 89.1 cm³/mol. The molecule has 0 bridgehead atoms. The molecule has 1 rings (SSSR count). The minimum atomic E-state index is -0.451. The average Bonchev–Trinajstić information content (AvgIpc) is 2.46. The van der Waals surface area contributed by atoms with Gasteiger partial charge in [0, 0.05) is 6.54 Å². The van der Waals surface area contributed by atoms with Crippen molar-refractivity contribution in [3.63, 3.8) is 0 Å². The van der Waals surface area contributed by atoms with E-state index in [0.29, 0.717) is 6.42 Å². The molecule has 118 valence electrons. The second-order valence-electron chi connectivity index (χ2n) is 6.18. The number of carbonyl (C=O) groups excluding carboxylic acids is 1. The van der Waals surface area contributed by atoms with Gasteiger partial charge in [0.1, 0.15) is 0 Å². The number of benzene rings is 1. The van der Waals surface area contributed by atoms with Crippen molar-refractivity contribution in [3.8, 4) is 0 Å². The zero-order valence-electron chi connectivity index (χ0n) is 13.5. The van der Waals surface area contributed by atoms with Crippen molar-refractivity contribution in [2.75, 3.05) is 6.54 Å². The zero-order valence-corrected chi connectivity index (χ0v) is 13.5. The topological polar surface area (TPSA) is 55.1 Å². The Bertz CT molecular complexity index is 389. The molecule has 0 saturated heterocycles. The van der Waals surface area contributed by atoms with Gasteiger partial charge in [-0.05, 0) is 24.3 Å². The average molecular weight is 290 g/mol. The standard InChI is InChI=1S/C18H30N2O/c1-15(2)10-6-3-4-9-13-20-18(21)17(19)14-16-11-7-5-8-12-16/h5,7-8,11-12,15,17H,3-4,6,9-10,13-14,19H2,1-2H3,(H,20,21)/t17-/m1/s1. The highest BCUT2D eigenvalue weighted by Crippen LogP contribution is 2.09. The fourth-order valence-corrected chi connectivity index (χ4v) is 2.33. The molecular weight excluding hydrogens is 260 g/mol. The lowest BCUT2D eigenvalue weighted by atomic mass is 10.0. The Labute approximate surface area is 129 Å². The third-order valence-electron chi connectivity index (χ3n) is 3.64. The van der Waals surface area contributed by atoms with Gasteiger partial charge in [-0.25, -0.2) is 0 Å². The number of nitrogens with two attached hydrogens (primary N) is 1. The van der Waals surface area contributed by atoms with E-state index in [1.165, 1.54) is 25.7 Å². The molecule has 0 spiro atoms. The summed E-state index contributed by atoms with van der Waals surface area (Å²) >= 11 is 0. The Kier molecular flexibility index (Phi) is 8.76. The third kappa shape index (κ3) is 8.51. The summed E-state index contributed by atoms with van der Waals surface area (Å²) in [5.41, 5.74) is 7.04. The molecular formula is C18H30N2O. The van der Waals surface area contributed by atoms with Crippen LogP contribution in [0.3, 0.4) is 0 Å². The van der Waals surface area contributed by atoms with Crippen LogP contribution in [0.2, 0.25) is 0 Å². The van der Waals surface area contributed by atoms with Crippen molar-refractivity contribution >= 4 is 5.91 Å². The van der Waals surface area contributed by atoms with Crippen LogP contribution in [0.25, 0.3) is 0 Å². The van der Waals surface area contributed by atoms with Crippen molar-refractivity contribution in [1.82, 2.24) is 5.32 Å². The number of rotatable bonds is 10. The van der Waals surface area contributed by atoms with Crippen LogP contribution in [0.1, 0.15) is 51.5 Å². The molecule has 3 nitrogen and oxygen atoms in total. The first-order valence-electron chi connectivity index (χ1n) is 8.17. The van der Waals surface area contributed by atoms with Crippen molar-refractivity contribution in [2.24, 2.45) is 11.7 Å². The van der Waals surface area contributed by atoms with Crippen LogP contribution in [0, 0.1) is 5.92 Å². The molecule has 0 fully saturated rings. The summed E-state index contributed by atoms with van der Waals surface area (Å²) in [7, 11) is 0. The van der Waals surface area contributed by atoms with Gasteiger partial charge in [0.25, 0.3) is 0 Å². The molecule has 1 atom stereocenters. The van der Waals surface area contributed by atoms with E-state index in [-0.39, 0.29) is 5.91 Å². The molecule has 0 heterocycles.